The van der Waals surface area contributed by atoms with E-state index in [1.54, 1.807) is 62.4 Å². The van der Waals surface area contributed by atoms with Crippen LogP contribution in [0.4, 0.5) is 4.79 Å². The summed E-state index contributed by atoms with van der Waals surface area (Å²) >= 11 is 0. The average Bonchev–Trinajstić information content (AvgIpc) is 2.58. The molecular formula is C18H16O6. The Kier molecular flexibility index (Phi) is 4.09. The summed E-state index contributed by atoms with van der Waals surface area (Å²) in [6.07, 6.45) is -1.43. The fraction of sp³-hybridized carbons (Fsp3) is 0.222. The first kappa shape index (κ1) is 16.2. The number of carbonyl (C=O) groups is 2. The molecule has 0 radical (unpaired) electrons. The summed E-state index contributed by atoms with van der Waals surface area (Å²) < 4.78 is 10.4. The first-order valence-corrected chi connectivity index (χ1v) is 7.45. The Labute approximate surface area is 138 Å². The molecule has 2 aromatic rings. The van der Waals surface area contributed by atoms with E-state index in [4.69, 9.17) is 9.47 Å². The molecule has 0 fully saturated rings. The third kappa shape index (κ3) is 2.46. The highest BCUT2D eigenvalue weighted by atomic mass is 17.2. The van der Waals surface area contributed by atoms with E-state index in [2.05, 4.69) is 4.89 Å². The summed E-state index contributed by atoms with van der Waals surface area (Å²) in [7, 11) is 0. The summed E-state index contributed by atoms with van der Waals surface area (Å²) in [5, 5.41) is 9.66. The monoisotopic (exact) mass is 328 g/mol. The molecule has 0 spiro atoms. The Morgan fingerprint density at radius 1 is 1.00 bits per heavy atom. The van der Waals surface area contributed by atoms with Gasteiger partial charge in [-0.15, -0.1) is 0 Å². The van der Waals surface area contributed by atoms with E-state index in [1.165, 1.54) is 0 Å². The van der Waals surface area contributed by atoms with Gasteiger partial charge in [-0.05, 0) is 13.8 Å². The summed E-state index contributed by atoms with van der Waals surface area (Å²) in [5.74, 6) is -2.21. The minimum absolute atomic E-state index is 0.233. The van der Waals surface area contributed by atoms with Crippen molar-refractivity contribution in [1.29, 1.82) is 0 Å². The van der Waals surface area contributed by atoms with Gasteiger partial charge in [-0.1, -0.05) is 48.5 Å². The lowest BCUT2D eigenvalue weighted by molar-refractivity contribution is -0.383. The van der Waals surface area contributed by atoms with Crippen molar-refractivity contribution in [1.82, 2.24) is 0 Å². The highest BCUT2D eigenvalue weighted by Crippen LogP contribution is 2.43. The zero-order valence-corrected chi connectivity index (χ0v) is 13.2. The Morgan fingerprint density at radius 3 is 1.96 bits per heavy atom. The molecule has 1 aliphatic rings. The molecule has 1 N–H and O–H groups in total. The third-order valence-corrected chi connectivity index (χ3v) is 3.74. The highest BCUT2D eigenvalue weighted by molar-refractivity contribution is 6.13. The highest BCUT2D eigenvalue weighted by Gasteiger charge is 2.49. The molecule has 0 aliphatic heterocycles. The second kappa shape index (κ2) is 6.07. The largest absolute Gasteiger partial charge is 0.511 e. The van der Waals surface area contributed by atoms with Crippen LogP contribution in [0.5, 0.6) is 0 Å². The van der Waals surface area contributed by atoms with Gasteiger partial charge >= 0.3 is 11.9 Å². The molecule has 24 heavy (non-hydrogen) atoms. The second-order valence-electron chi connectivity index (χ2n) is 5.65. The Balaban J connectivity index is 2.19. The van der Waals surface area contributed by atoms with Gasteiger partial charge in [0.05, 0.1) is 6.10 Å². The molecule has 0 saturated heterocycles. The van der Waals surface area contributed by atoms with Gasteiger partial charge in [-0.25, -0.2) is 10.1 Å². The van der Waals surface area contributed by atoms with Crippen molar-refractivity contribution in [3.8, 4) is 0 Å². The molecule has 2 aromatic carbocycles. The topological polar surface area (TPSA) is 82.1 Å². The summed E-state index contributed by atoms with van der Waals surface area (Å²) in [6.45, 7) is 3.33. The molecule has 0 aromatic heterocycles. The van der Waals surface area contributed by atoms with E-state index in [-0.39, 0.29) is 28.0 Å². The number of fused-ring (bicyclic) bond motifs is 2. The van der Waals surface area contributed by atoms with Gasteiger partial charge in [0.25, 0.3) is 0 Å². The van der Waals surface area contributed by atoms with Crippen molar-refractivity contribution in [2.24, 2.45) is 0 Å². The van der Waals surface area contributed by atoms with Crippen LogP contribution in [0.3, 0.4) is 0 Å². The van der Waals surface area contributed by atoms with Crippen LogP contribution in [0.15, 0.2) is 48.5 Å². The molecule has 0 amide bonds. The maximum absolute atomic E-state index is 12.7. The minimum Gasteiger partial charge on any atom is -0.431 e. The normalized spacial score (nSPS) is 14.8. The molecule has 1 aliphatic carbocycles. The fourth-order valence-corrected chi connectivity index (χ4v) is 2.79. The van der Waals surface area contributed by atoms with Crippen molar-refractivity contribution in [3.63, 3.8) is 0 Å². The maximum atomic E-state index is 12.7. The number of ketones is 1. The third-order valence-electron chi connectivity index (χ3n) is 3.74. The first-order chi connectivity index (χ1) is 11.5. The maximum Gasteiger partial charge on any atom is 0.511 e. The molecule has 6 nitrogen and oxygen atoms in total. The van der Waals surface area contributed by atoms with Gasteiger partial charge in [0.15, 0.2) is 5.78 Å². The van der Waals surface area contributed by atoms with Gasteiger partial charge in [-0.3, -0.25) is 4.79 Å². The molecule has 0 atom stereocenters. The van der Waals surface area contributed by atoms with Crippen molar-refractivity contribution >= 4 is 11.9 Å². The second-order valence-corrected chi connectivity index (χ2v) is 5.65. The number of hydrogen-bond donors (Lipinski definition) is 1. The predicted molar refractivity (Wildman–Crippen MR) is 83.5 cm³/mol. The van der Waals surface area contributed by atoms with E-state index in [9.17, 15) is 14.8 Å². The molecular weight excluding hydrogens is 312 g/mol. The van der Waals surface area contributed by atoms with Crippen molar-refractivity contribution in [2.75, 3.05) is 0 Å². The zero-order chi connectivity index (χ0) is 17.3. The summed E-state index contributed by atoms with van der Waals surface area (Å²) in [4.78, 5) is 29.4. The quantitative estimate of drug-likeness (QED) is 0.402. The van der Waals surface area contributed by atoms with Crippen LogP contribution < -0.4 is 0 Å². The predicted octanol–water partition coefficient (Wildman–Crippen LogP) is 3.48. The average molecular weight is 328 g/mol. The smallest absolute Gasteiger partial charge is 0.431 e. The molecule has 0 saturated carbocycles. The van der Waals surface area contributed by atoms with E-state index in [1.807, 2.05) is 0 Å². The van der Waals surface area contributed by atoms with Crippen molar-refractivity contribution in [3.05, 3.63) is 70.8 Å². The lowest BCUT2D eigenvalue weighted by Gasteiger charge is -2.35. The van der Waals surface area contributed by atoms with E-state index < -0.39 is 18.0 Å². The van der Waals surface area contributed by atoms with Crippen molar-refractivity contribution in [2.45, 2.75) is 25.7 Å². The van der Waals surface area contributed by atoms with Crippen molar-refractivity contribution < 1.29 is 29.2 Å². The summed E-state index contributed by atoms with van der Waals surface area (Å²) in [6, 6.07) is 13.0. The minimum atomic E-state index is -1.97. The summed E-state index contributed by atoms with van der Waals surface area (Å²) in [5.41, 5.74) is 1.03. The number of carbonyl (C=O) groups excluding carboxylic acids is 2. The molecule has 0 unspecified atom stereocenters. The van der Waals surface area contributed by atoms with Crippen LogP contribution in [0.25, 0.3) is 0 Å². The van der Waals surface area contributed by atoms with Gasteiger partial charge in [0, 0.05) is 22.3 Å². The van der Waals surface area contributed by atoms with Crippen LogP contribution in [-0.2, 0) is 20.1 Å². The van der Waals surface area contributed by atoms with Gasteiger partial charge in [0.1, 0.15) is 0 Å². The first-order valence-electron chi connectivity index (χ1n) is 7.45. The Hall–Kier alpha value is -2.70. The SMILES string of the molecule is CC(C)OC(=O)OC1(OO)c2ccccc2C(=O)c2ccccc21. The molecule has 6 heteroatoms. The Bertz CT molecular complexity index is 746. The van der Waals surface area contributed by atoms with E-state index in [0.717, 1.165) is 0 Å². The van der Waals surface area contributed by atoms with Crippen LogP contribution in [-0.4, -0.2) is 23.3 Å². The molecule has 0 bridgehead atoms. The number of hydrogen-bond acceptors (Lipinski definition) is 6. The molecule has 3 rings (SSSR count). The number of benzene rings is 2. The lowest BCUT2D eigenvalue weighted by Crippen LogP contribution is -2.42. The van der Waals surface area contributed by atoms with Crippen LogP contribution >= 0.6 is 0 Å². The fourth-order valence-electron chi connectivity index (χ4n) is 2.79. The van der Waals surface area contributed by atoms with E-state index >= 15 is 0 Å². The van der Waals surface area contributed by atoms with Crippen LogP contribution in [0, 0.1) is 0 Å². The number of ether oxygens (including phenoxy) is 2. The van der Waals surface area contributed by atoms with Crippen LogP contribution in [0.2, 0.25) is 0 Å². The number of rotatable bonds is 3. The Morgan fingerprint density at radius 2 is 1.50 bits per heavy atom. The van der Waals surface area contributed by atoms with Crippen LogP contribution in [0.1, 0.15) is 40.9 Å². The zero-order valence-electron chi connectivity index (χ0n) is 13.2. The standard InChI is InChI=1S/C18H16O6/c1-11(2)22-17(20)23-18(24-21)14-9-5-3-7-12(14)16(19)13-8-4-6-10-15(13)18/h3-11,21H,1-2H3. The van der Waals surface area contributed by atoms with Gasteiger partial charge in [-0.2, -0.15) is 4.89 Å². The molecule has 0 heterocycles. The van der Waals surface area contributed by atoms with E-state index in [0.29, 0.717) is 0 Å². The molecule has 124 valence electrons. The van der Waals surface area contributed by atoms with Gasteiger partial charge < -0.3 is 9.47 Å². The lowest BCUT2D eigenvalue weighted by atomic mass is 9.80. The van der Waals surface area contributed by atoms with Gasteiger partial charge in [0.2, 0.25) is 0 Å².